The molecular weight excluding hydrogens is 316 g/mol. The van der Waals surface area contributed by atoms with E-state index in [0.29, 0.717) is 25.4 Å². The van der Waals surface area contributed by atoms with Crippen molar-refractivity contribution in [2.75, 3.05) is 20.1 Å². The first-order valence-electron chi connectivity index (χ1n) is 9.72. The lowest BCUT2D eigenvalue weighted by Gasteiger charge is -2.33. The highest BCUT2D eigenvalue weighted by Gasteiger charge is 2.32. The molecule has 0 aromatic carbocycles. The molecule has 6 heteroatoms. The topological polar surface area (TPSA) is 69.3 Å². The van der Waals surface area contributed by atoms with Crippen molar-refractivity contribution in [1.82, 2.24) is 19.8 Å². The standard InChI is InChI=1S/C19H28N4O2/c1-22-9-4-2-3-5-16(22)19(25)23-10-8-14-15(12-23)20-17(21-18(14)24)11-13-6-7-13/h13,16H,2-12H2,1H3,(H,20,21,24)/t16-/m0/s1. The molecule has 2 fully saturated rings. The van der Waals surface area contributed by atoms with Crippen LogP contribution in [0.3, 0.4) is 0 Å². The van der Waals surface area contributed by atoms with Crippen molar-refractivity contribution in [3.05, 3.63) is 27.4 Å². The van der Waals surface area contributed by atoms with Crippen molar-refractivity contribution >= 4 is 5.91 Å². The largest absolute Gasteiger partial charge is 0.335 e. The number of aromatic amines is 1. The molecule has 2 aliphatic heterocycles. The number of fused-ring (bicyclic) bond motifs is 1. The summed E-state index contributed by atoms with van der Waals surface area (Å²) in [5.74, 6) is 1.69. The fourth-order valence-electron chi connectivity index (χ4n) is 4.15. The van der Waals surface area contributed by atoms with Crippen molar-refractivity contribution in [3.8, 4) is 0 Å². The lowest BCUT2D eigenvalue weighted by atomic mass is 10.0. The van der Waals surface area contributed by atoms with Gasteiger partial charge in [-0.1, -0.05) is 12.8 Å². The van der Waals surface area contributed by atoms with Crippen LogP contribution in [0.15, 0.2) is 4.79 Å². The number of nitrogens with zero attached hydrogens (tertiary/aromatic N) is 3. The molecular formula is C19H28N4O2. The second kappa shape index (κ2) is 6.90. The minimum absolute atomic E-state index is 0.000617. The number of likely N-dealkylation sites (tertiary alicyclic amines) is 1. The maximum absolute atomic E-state index is 13.1. The van der Waals surface area contributed by atoms with Gasteiger partial charge >= 0.3 is 0 Å². The van der Waals surface area contributed by atoms with Crippen molar-refractivity contribution in [3.63, 3.8) is 0 Å². The molecule has 0 bridgehead atoms. The fourth-order valence-corrected chi connectivity index (χ4v) is 4.15. The van der Waals surface area contributed by atoms with Gasteiger partial charge in [-0.2, -0.15) is 0 Å². The second-order valence-electron chi connectivity index (χ2n) is 7.94. The van der Waals surface area contributed by atoms with Crippen molar-refractivity contribution in [1.29, 1.82) is 0 Å². The first-order chi connectivity index (χ1) is 12.1. The molecule has 0 spiro atoms. The highest BCUT2D eigenvalue weighted by Crippen LogP contribution is 2.31. The SMILES string of the molecule is CN1CCCCC[C@H]1C(=O)N1CCc2c(nc(CC3CC3)[nH]c2=O)C1. The molecule has 4 rings (SSSR count). The third-order valence-electron chi connectivity index (χ3n) is 5.92. The van der Waals surface area contributed by atoms with Gasteiger partial charge in [0.25, 0.3) is 5.56 Å². The quantitative estimate of drug-likeness (QED) is 0.902. The third-order valence-corrected chi connectivity index (χ3v) is 5.92. The second-order valence-corrected chi connectivity index (χ2v) is 7.94. The molecule has 1 N–H and O–H groups in total. The number of carbonyl (C=O) groups excluding carboxylic acids is 1. The summed E-state index contributed by atoms with van der Waals surface area (Å²) in [5.41, 5.74) is 1.59. The summed E-state index contributed by atoms with van der Waals surface area (Å²) < 4.78 is 0. The number of hydrogen-bond donors (Lipinski definition) is 1. The van der Waals surface area contributed by atoms with E-state index in [9.17, 15) is 9.59 Å². The minimum atomic E-state index is -0.0167. The van der Waals surface area contributed by atoms with Crippen LogP contribution in [0, 0.1) is 5.92 Å². The highest BCUT2D eigenvalue weighted by molar-refractivity contribution is 5.82. The molecule has 1 atom stereocenters. The van der Waals surface area contributed by atoms with E-state index in [1.165, 1.54) is 25.7 Å². The zero-order valence-corrected chi connectivity index (χ0v) is 15.1. The Morgan fingerprint density at radius 3 is 2.84 bits per heavy atom. The maximum Gasteiger partial charge on any atom is 0.254 e. The third kappa shape index (κ3) is 3.64. The van der Waals surface area contributed by atoms with Gasteiger partial charge in [0.15, 0.2) is 0 Å². The molecule has 0 radical (unpaired) electrons. The van der Waals surface area contributed by atoms with Crippen LogP contribution in [0.1, 0.15) is 55.6 Å². The van der Waals surface area contributed by atoms with Gasteiger partial charge < -0.3 is 9.88 Å². The number of rotatable bonds is 3. The Morgan fingerprint density at radius 1 is 1.20 bits per heavy atom. The van der Waals surface area contributed by atoms with Crippen LogP contribution in [-0.2, 0) is 24.2 Å². The number of nitrogens with one attached hydrogen (secondary N) is 1. The maximum atomic E-state index is 13.1. The Kier molecular flexibility index (Phi) is 4.63. The highest BCUT2D eigenvalue weighted by atomic mass is 16.2. The Labute approximate surface area is 148 Å². The van der Waals surface area contributed by atoms with Gasteiger partial charge in [-0.3, -0.25) is 14.5 Å². The van der Waals surface area contributed by atoms with Crippen molar-refractivity contribution in [2.24, 2.45) is 5.92 Å². The lowest BCUT2D eigenvalue weighted by Crippen LogP contribution is -2.49. The molecule has 1 aromatic rings. The van der Waals surface area contributed by atoms with Crippen molar-refractivity contribution in [2.45, 2.75) is 64.0 Å². The van der Waals surface area contributed by atoms with E-state index in [4.69, 9.17) is 4.98 Å². The number of aromatic nitrogens is 2. The van der Waals surface area contributed by atoms with Gasteiger partial charge in [0, 0.05) is 18.5 Å². The molecule has 3 aliphatic rings. The van der Waals surface area contributed by atoms with E-state index in [1.54, 1.807) is 0 Å². The molecule has 1 aliphatic carbocycles. The number of amides is 1. The molecule has 1 saturated carbocycles. The summed E-state index contributed by atoms with van der Waals surface area (Å²) in [5, 5.41) is 0. The molecule has 0 unspecified atom stereocenters. The molecule has 25 heavy (non-hydrogen) atoms. The summed E-state index contributed by atoms with van der Waals surface area (Å²) in [7, 11) is 2.06. The predicted molar refractivity (Wildman–Crippen MR) is 95.3 cm³/mol. The number of hydrogen-bond acceptors (Lipinski definition) is 4. The summed E-state index contributed by atoms with van der Waals surface area (Å²) >= 11 is 0. The van der Waals surface area contributed by atoms with Crippen LogP contribution in [0.25, 0.3) is 0 Å². The van der Waals surface area contributed by atoms with Gasteiger partial charge in [-0.15, -0.1) is 0 Å². The van der Waals surface area contributed by atoms with E-state index >= 15 is 0 Å². The fraction of sp³-hybridized carbons (Fsp3) is 0.737. The van der Waals surface area contributed by atoms with Gasteiger partial charge in [-0.05, 0) is 51.6 Å². The van der Waals surface area contributed by atoms with Crippen LogP contribution < -0.4 is 5.56 Å². The Hall–Kier alpha value is -1.69. The first kappa shape index (κ1) is 16.8. The molecule has 1 amide bonds. The summed E-state index contributed by atoms with van der Waals surface area (Å²) in [4.78, 5) is 37.2. The Morgan fingerprint density at radius 2 is 2.04 bits per heavy atom. The molecule has 1 saturated heterocycles. The molecule has 3 heterocycles. The molecule has 1 aromatic heterocycles. The Bertz CT molecular complexity index is 710. The summed E-state index contributed by atoms with van der Waals surface area (Å²) in [6, 6.07) is -0.0167. The summed E-state index contributed by atoms with van der Waals surface area (Å²) in [6.45, 7) is 2.10. The van der Waals surface area contributed by atoms with E-state index in [0.717, 1.165) is 42.9 Å². The minimum Gasteiger partial charge on any atom is -0.335 e. The van der Waals surface area contributed by atoms with E-state index in [-0.39, 0.29) is 17.5 Å². The van der Waals surface area contributed by atoms with Crippen LogP contribution in [0.5, 0.6) is 0 Å². The smallest absolute Gasteiger partial charge is 0.254 e. The Balaban J connectivity index is 1.52. The number of likely N-dealkylation sites (N-methyl/N-ethyl adjacent to an activating group) is 1. The zero-order valence-electron chi connectivity index (χ0n) is 15.1. The van der Waals surface area contributed by atoms with Gasteiger partial charge in [0.1, 0.15) is 5.82 Å². The van der Waals surface area contributed by atoms with E-state index in [2.05, 4.69) is 16.9 Å². The number of carbonyl (C=O) groups is 1. The van der Waals surface area contributed by atoms with E-state index < -0.39 is 0 Å². The van der Waals surface area contributed by atoms with Gasteiger partial charge in [0.2, 0.25) is 5.91 Å². The van der Waals surface area contributed by atoms with Crippen LogP contribution in [0.4, 0.5) is 0 Å². The number of H-pyrrole nitrogens is 1. The molecule has 6 nitrogen and oxygen atoms in total. The van der Waals surface area contributed by atoms with Crippen LogP contribution in [0.2, 0.25) is 0 Å². The average Bonchev–Trinajstić information content (AvgIpc) is 3.42. The van der Waals surface area contributed by atoms with Crippen LogP contribution >= 0.6 is 0 Å². The zero-order chi connectivity index (χ0) is 17.4. The monoisotopic (exact) mass is 344 g/mol. The first-order valence-corrected chi connectivity index (χ1v) is 9.72. The van der Waals surface area contributed by atoms with E-state index in [1.807, 2.05) is 4.90 Å². The van der Waals surface area contributed by atoms with Crippen LogP contribution in [-0.4, -0.2) is 51.9 Å². The van der Waals surface area contributed by atoms with Gasteiger partial charge in [-0.25, -0.2) is 4.98 Å². The van der Waals surface area contributed by atoms with Gasteiger partial charge in [0.05, 0.1) is 18.3 Å². The summed E-state index contributed by atoms with van der Waals surface area (Å²) in [6.07, 6.45) is 8.39. The lowest BCUT2D eigenvalue weighted by molar-refractivity contribution is -0.137. The molecule has 136 valence electrons. The average molecular weight is 344 g/mol. The van der Waals surface area contributed by atoms with Crippen molar-refractivity contribution < 1.29 is 4.79 Å². The normalized spacial score (nSPS) is 24.7. The predicted octanol–water partition coefficient (Wildman–Crippen LogP) is 1.48.